The average molecular weight is 552 g/mol. The molecule has 0 heterocycles. The number of nitrogens with one attached hydrogen (secondary N) is 1. The highest BCUT2D eigenvalue weighted by molar-refractivity contribution is 9.10. The summed E-state index contributed by atoms with van der Waals surface area (Å²) in [6.07, 6.45) is 1.35. The van der Waals surface area contributed by atoms with E-state index in [9.17, 15) is 9.59 Å². The van der Waals surface area contributed by atoms with Gasteiger partial charge >= 0.3 is 5.97 Å². The van der Waals surface area contributed by atoms with Crippen LogP contribution in [0.2, 0.25) is 10.0 Å². The van der Waals surface area contributed by atoms with E-state index in [0.717, 1.165) is 4.47 Å². The summed E-state index contributed by atoms with van der Waals surface area (Å²) in [5.74, 6) is -0.00707. The summed E-state index contributed by atoms with van der Waals surface area (Å²) in [6, 6.07) is 14.2. The lowest BCUT2D eigenvalue weighted by Gasteiger charge is -2.11. The molecule has 0 radical (unpaired) electrons. The smallest absolute Gasteiger partial charge is 0.343 e. The lowest BCUT2D eigenvalue weighted by Crippen LogP contribution is -2.18. The number of nitrogens with zero attached hydrogens (tertiary/aromatic N) is 1. The van der Waals surface area contributed by atoms with Crippen molar-refractivity contribution in [2.45, 2.75) is 0 Å². The Bertz CT molecular complexity index is 1230. The molecule has 3 aromatic rings. The number of halogens is 3. The van der Waals surface area contributed by atoms with Gasteiger partial charge in [-0.1, -0.05) is 39.1 Å². The van der Waals surface area contributed by atoms with E-state index in [2.05, 4.69) is 26.5 Å². The van der Waals surface area contributed by atoms with Crippen molar-refractivity contribution in [2.75, 3.05) is 14.2 Å². The Balaban J connectivity index is 1.77. The van der Waals surface area contributed by atoms with Crippen LogP contribution >= 0.6 is 39.1 Å². The van der Waals surface area contributed by atoms with E-state index in [-0.39, 0.29) is 21.9 Å². The van der Waals surface area contributed by atoms with Crippen molar-refractivity contribution in [2.24, 2.45) is 5.10 Å². The molecule has 0 aromatic heterocycles. The number of benzene rings is 3. The van der Waals surface area contributed by atoms with E-state index < -0.39 is 11.9 Å². The van der Waals surface area contributed by atoms with Crippen LogP contribution in [-0.4, -0.2) is 32.3 Å². The quantitative estimate of drug-likeness (QED) is 0.175. The van der Waals surface area contributed by atoms with Gasteiger partial charge in [0, 0.05) is 15.1 Å². The molecule has 0 aliphatic carbocycles. The molecule has 0 saturated carbocycles. The molecule has 170 valence electrons. The van der Waals surface area contributed by atoms with Gasteiger partial charge in [-0.05, 0) is 54.6 Å². The van der Waals surface area contributed by atoms with Gasteiger partial charge in [0.25, 0.3) is 5.91 Å². The molecule has 0 aliphatic heterocycles. The minimum absolute atomic E-state index is 0.196. The van der Waals surface area contributed by atoms with E-state index in [4.69, 9.17) is 37.4 Å². The molecular weight excluding hydrogens is 535 g/mol. The molecule has 0 aliphatic rings. The topological polar surface area (TPSA) is 86.2 Å². The molecule has 7 nitrogen and oxygen atoms in total. The molecule has 0 bridgehead atoms. The fourth-order valence-corrected chi connectivity index (χ4v) is 3.60. The molecule has 3 rings (SSSR count). The van der Waals surface area contributed by atoms with Crippen molar-refractivity contribution in [3.05, 3.63) is 85.8 Å². The van der Waals surface area contributed by atoms with E-state index in [1.165, 1.54) is 38.6 Å². The second kappa shape index (κ2) is 11.2. The molecule has 10 heteroatoms. The van der Waals surface area contributed by atoms with Crippen LogP contribution in [-0.2, 0) is 0 Å². The van der Waals surface area contributed by atoms with E-state index >= 15 is 0 Å². The van der Waals surface area contributed by atoms with Crippen molar-refractivity contribution >= 4 is 57.2 Å². The fourth-order valence-electron chi connectivity index (χ4n) is 2.73. The molecule has 0 fully saturated rings. The largest absolute Gasteiger partial charge is 0.493 e. The molecule has 1 N–H and O–H groups in total. The number of carbonyl (C=O) groups is 2. The van der Waals surface area contributed by atoms with Crippen LogP contribution < -0.4 is 19.6 Å². The van der Waals surface area contributed by atoms with Crippen LogP contribution in [0.15, 0.2) is 64.2 Å². The molecule has 0 unspecified atom stereocenters. The van der Waals surface area contributed by atoms with Gasteiger partial charge in [0.2, 0.25) is 0 Å². The lowest BCUT2D eigenvalue weighted by atomic mass is 10.2. The highest BCUT2D eigenvalue weighted by atomic mass is 79.9. The number of rotatable bonds is 7. The number of esters is 1. The van der Waals surface area contributed by atoms with Gasteiger partial charge in [-0.15, -0.1) is 0 Å². The van der Waals surface area contributed by atoms with Gasteiger partial charge in [-0.2, -0.15) is 5.10 Å². The molecule has 3 aromatic carbocycles. The van der Waals surface area contributed by atoms with Crippen LogP contribution in [0, 0.1) is 0 Å². The van der Waals surface area contributed by atoms with Crippen molar-refractivity contribution in [3.8, 4) is 17.2 Å². The van der Waals surface area contributed by atoms with Crippen molar-refractivity contribution in [1.29, 1.82) is 0 Å². The number of methoxy groups -OCH3 is 2. The Hall–Kier alpha value is -3.07. The Morgan fingerprint density at radius 3 is 2.36 bits per heavy atom. The Labute approximate surface area is 208 Å². The highest BCUT2D eigenvalue weighted by Gasteiger charge is 2.15. The number of carbonyl (C=O) groups excluding carboxylic acids is 2. The number of amides is 1. The molecule has 1 amide bonds. The summed E-state index contributed by atoms with van der Waals surface area (Å²) < 4.78 is 16.7. The van der Waals surface area contributed by atoms with E-state index in [1.54, 1.807) is 36.4 Å². The Kier molecular flexibility index (Phi) is 8.32. The number of hydrazone groups is 1. The minimum atomic E-state index is -0.607. The minimum Gasteiger partial charge on any atom is -0.493 e. The molecule has 0 spiro atoms. The highest BCUT2D eigenvalue weighted by Crippen LogP contribution is 2.29. The third-order valence-electron chi connectivity index (χ3n) is 4.34. The SMILES string of the molecule is COc1ccc(C(=O)Oc2ccc(Br)cc2C=NNC(=O)c2ccc(Cl)cc2Cl)cc1OC. The standard InChI is InChI=1S/C23H17BrCl2N2O5/c1-31-20-7-3-13(10-21(20)32-2)23(30)33-19-8-4-15(24)9-14(19)12-27-28-22(29)17-6-5-16(25)11-18(17)26/h3-12H,1-2H3,(H,28,29). The summed E-state index contributed by atoms with van der Waals surface area (Å²) in [4.78, 5) is 25.0. The van der Waals surface area contributed by atoms with Crippen LogP contribution in [0.25, 0.3) is 0 Å². The maximum Gasteiger partial charge on any atom is 0.343 e. The van der Waals surface area contributed by atoms with E-state index in [0.29, 0.717) is 22.1 Å². The first-order chi connectivity index (χ1) is 15.8. The summed E-state index contributed by atoms with van der Waals surface area (Å²) >= 11 is 15.3. The third-order valence-corrected chi connectivity index (χ3v) is 5.38. The molecular formula is C23H17BrCl2N2O5. The maximum atomic E-state index is 12.7. The van der Waals surface area contributed by atoms with Crippen molar-refractivity contribution in [1.82, 2.24) is 5.43 Å². The van der Waals surface area contributed by atoms with Gasteiger partial charge in [0.05, 0.1) is 36.6 Å². The second-order valence-corrected chi connectivity index (χ2v) is 8.22. The zero-order valence-electron chi connectivity index (χ0n) is 17.4. The van der Waals surface area contributed by atoms with Crippen LogP contribution in [0.3, 0.4) is 0 Å². The average Bonchev–Trinajstić information content (AvgIpc) is 2.80. The van der Waals surface area contributed by atoms with Crippen LogP contribution in [0.1, 0.15) is 26.3 Å². The summed E-state index contributed by atoms with van der Waals surface area (Å²) in [6.45, 7) is 0. The van der Waals surface area contributed by atoms with E-state index in [1.807, 2.05) is 0 Å². The van der Waals surface area contributed by atoms with Gasteiger partial charge in [-0.3, -0.25) is 4.79 Å². The third kappa shape index (κ3) is 6.25. The van der Waals surface area contributed by atoms with Gasteiger partial charge < -0.3 is 14.2 Å². The summed E-state index contributed by atoms with van der Waals surface area (Å²) in [7, 11) is 2.98. The van der Waals surface area contributed by atoms with Crippen LogP contribution in [0.4, 0.5) is 0 Å². The number of hydrogen-bond acceptors (Lipinski definition) is 6. The van der Waals surface area contributed by atoms with Crippen molar-refractivity contribution in [3.63, 3.8) is 0 Å². The van der Waals surface area contributed by atoms with Gasteiger partial charge in [-0.25, -0.2) is 10.2 Å². The summed E-state index contributed by atoms with van der Waals surface area (Å²) in [5, 5.41) is 4.56. The second-order valence-electron chi connectivity index (χ2n) is 6.46. The zero-order valence-corrected chi connectivity index (χ0v) is 20.5. The Morgan fingerprint density at radius 2 is 1.67 bits per heavy atom. The van der Waals surface area contributed by atoms with Crippen molar-refractivity contribution < 1.29 is 23.8 Å². The Morgan fingerprint density at radius 1 is 0.939 bits per heavy atom. The lowest BCUT2D eigenvalue weighted by molar-refractivity contribution is 0.0733. The van der Waals surface area contributed by atoms with Crippen LogP contribution in [0.5, 0.6) is 17.2 Å². The molecule has 0 saturated heterocycles. The first-order valence-electron chi connectivity index (χ1n) is 9.34. The summed E-state index contributed by atoms with van der Waals surface area (Å²) in [5.41, 5.74) is 3.31. The monoisotopic (exact) mass is 550 g/mol. The normalized spacial score (nSPS) is 10.7. The maximum absolute atomic E-state index is 12.7. The number of hydrogen-bond donors (Lipinski definition) is 1. The van der Waals surface area contributed by atoms with Gasteiger partial charge in [0.1, 0.15) is 5.75 Å². The predicted octanol–water partition coefficient (Wildman–Crippen LogP) is 5.76. The number of ether oxygens (including phenoxy) is 3. The molecule has 33 heavy (non-hydrogen) atoms. The fraction of sp³-hybridized carbons (Fsp3) is 0.0870. The predicted molar refractivity (Wildman–Crippen MR) is 130 cm³/mol. The molecule has 0 atom stereocenters. The zero-order chi connectivity index (χ0) is 24.0. The first kappa shape index (κ1) is 24.6. The van der Waals surface area contributed by atoms with Gasteiger partial charge in [0.15, 0.2) is 11.5 Å². The first-order valence-corrected chi connectivity index (χ1v) is 10.9.